The third-order valence-corrected chi connectivity index (χ3v) is 5.00. The van der Waals surface area contributed by atoms with Gasteiger partial charge in [0.05, 0.1) is 31.8 Å². The van der Waals surface area contributed by atoms with Gasteiger partial charge in [0, 0.05) is 0 Å². The summed E-state index contributed by atoms with van der Waals surface area (Å²) in [6.45, 7) is 4.19. The zero-order valence-electron chi connectivity index (χ0n) is 13.1. The number of aromatic nitrogens is 1. The minimum absolute atomic E-state index is 0.972. The van der Waals surface area contributed by atoms with E-state index in [2.05, 4.69) is 62.4 Å². The van der Waals surface area contributed by atoms with Crippen LogP contribution in [0.3, 0.4) is 0 Å². The van der Waals surface area contributed by atoms with Crippen molar-refractivity contribution in [2.24, 2.45) is 4.99 Å². The van der Waals surface area contributed by atoms with Crippen molar-refractivity contribution in [1.82, 2.24) is 4.98 Å². The Kier molecular flexibility index (Phi) is 3.43. The van der Waals surface area contributed by atoms with Crippen molar-refractivity contribution in [3.05, 3.63) is 77.1 Å². The van der Waals surface area contributed by atoms with Gasteiger partial charge in [0.25, 0.3) is 0 Å². The molecule has 112 valence electrons. The molecule has 1 heterocycles. The van der Waals surface area contributed by atoms with Gasteiger partial charge in [-0.05, 0) is 61.4 Å². The van der Waals surface area contributed by atoms with Gasteiger partial charge in [-0.2, -0.15) is 0 Å². The maximum absolute atomic E-state index is 4.81. The van der Waals surface area contributed by atoms with Gasteiger partial charge in [0.2, 0.25) is 0 Å². The molecule has 4 rings (SSSR count). The van der Waals surface area contributed by atoms with Crippen molar-refractivity contribution in [2.45, 2.75) is 13.8 Å². The lowest BCUT2D eigenvalue weighted by atomic mass is 10.1. The molecule has 1 aliphatic carbocycles. The first-order chi connectivity index (χ1) is 11.2. The average Bonchev–Trinajstić information content (AvgIpc) is 2.56. The molecule has 0 saturated heterocycles. The predicted molar refractivity (Wildman–Crippen MR) is 97.4 cm³/mol. The third-order valence-electron chi connectivity index (χ3n) is 3.88. The number of fused-ring (bicyclic) bond motifs is 2. The van der Waals surface area contributed by atoms with Gasteiger partial charge in [0.15, 0.2) is 0 Å². The molecule has 0 atom stereocenters. The largest absolute Gasteiger partial charge is 0.249 e. The second-order valence-corrected chi connectivity index (χ2v) is 6.82. The minimum Gasteiger partial charge on any atom is -0.249 e. The highest BCUT2D eigenvalue weighted by Crippen LogP contribution is 2.29. The Morgan fingerprint density at radius 2 is 1.78 bits per heavy atom. The highest BCUT2D eigenvalue weighted by atomic mass is 32.1. The minimum atomic E-state index is 0.972. The van der Waals surface area contributed by atoms with Crippen molar-refractivity contribution in [3.63, 3.8) is 0 Å². The van der Waals surface area contributed by atoms with Gasteiger partial charge in [-0.15, -0.1) is 11.3 Å². The molecular formula is C20H16N2S. The Morgan fingerprint density at radius 3 is 2.70 bits per heavy atom. The summed E-state index contributed by atoms with van der Waals surface area (Å²) >= 11 is 1.76. The summed E-state index contributed by atoms with van der Waals surface area (Å²) in [7, 11) is 0. The van der Waals surface area contributed by atoms with E-state index in [0.717, 1.165) is 27.1 Å². The fourth-order valence-corrected chi connectivity index (χ4v) is 3.61. The summed E-state index contributed by atoms with van der Waals surface area (Å²) in [6.07, 6.45) is 0. The molecule has 0 fully saturated rings. The van der Waals surface area contributed by atoms with Crippen LogP contribution in [0.4, 0.5) is 5.69 Å². The summed E-state index contributed by atoms with van der Waals surface area (Å²) in [5, 5.41) is 0.972. The molecule has 2 aromatic carbocycles. The molecule has 2 aliphatic rings. The molecule has 0 N–H and O–H groups in total. The van der Waals surface area contributed by atoms with Gasteiger partial charge < -0.3 is 0 Å². The number of hydrogen-bond donors (Lipinski definition) is 0. The van der Waals surface area contributed by atoms with Gasteiger partial charge in [-0.25, -0.2) is 9.98 Å². The fraction of sp³-hybridized carbons (Fsp3) is 0.100. The molecule has 0 amide bonds. The zero-order chi connectivity index (χ0) is 15.8. The van der Waals surface area contributed by atoms with Crippen LogP contribution in [0.2, 0.25) is 0 Å². The van der Waals surface area contributed by atoms with Crippen LogP contribution in [0, 0.1) is 13.8 Å². The summed E-state index contributed by atoms with van der Waals surface area (Å²) < 4.78 is 1.20. The predicted octanol–water partition coefficient (Wildman–Crippen LogP) is 5.25. The van der Waals surface area contributed by atoms with Crippen LogP contribution in [0.25, 0.3) is 20.8 Å². The SMILES string of the molecule is Cc1ccc(C)c(/N=c2\ccc3nc4ccccc4sc-3c2)c1. The molecule has 0 aromatic heterocycles. The molecular weight excluding hydrogens is 300 g/mol. The van der Waals surface area contributed by atoms with Crippen LogP contribution in [0.1, 0.15) is 11.1 Å². The summed E-state index contributed by atoms with van der Waals surface area (Å²) in [5.41, 5.74) is 5.52. The third kappa shape index (κ3) is 2.76. The molecule has 1 aliphatic heterocycles. The number of rotatable bonds is 1. The second kappa shape index (κ2) is 5.60. The lowest BCUT2D eigenvalue weighted by Gasteiger charge is -2.06. The Balaban J connectivity index is 1.91. The molecule has 0 spiro atoms. The number of benzene rings is 3. The lowest BCUT2D eigenvalue weighted by Crippen LogP contribution is -2.01. The van der Waals surface area contributed by atoms with Crippen molar-refractivity contribution < 1.29 is 0 Å². The topological polar surface area (TPSA) is 25.2 Å². The van der Waals surface area contributed by atoms with Gasteiger partial charge in [-0.3, -0.25) is 0 Å². The van der Waals surface area contributed by atoms with E-state index < -0.39 is 0 Å². The van der Waals surface area contributed by atoms with E-state index in [1.54, 1.807) is 11.3 Å². The highest BCUT2D eigenvalue weighted by molar-refractivity contribution is 7.21. The molecule has 0 radical (unpaired) electrons. The van der Waals surface area contributed by atoms with Crippen LogP contribution >= 0.6 is 11.3 Å². The van der Waals surface area contributed by atoms with Crippen LogP contribution in [-0.2, 0) is 0 Å². The van der Waals surface area contributed by atoms with Crippen molar-refractivity contribution in [2.75, 3.05) is 0 Å². The van der Waals surface area contributed by atoms with Gasteiger partial charge in [0.1, 0.15) is 0 Å². The molecule has 0 saturated carbocycles. The number of para-hydroxylation sites is 1. The van der Waals surface area contributed by atoms with Crippen molar-refractivity contribution in [3.8, 4) is 10.6 Å². The molecule has 23 heavy (non-hydrogen) atoms. The standard InChI is InChI=1S/C20H16N2S/c1-13-7-8-14(2)18(11-13)21-15-9-10-17-20(12-15)23-19-6-4-3-5-16(19)22-17/h3-12H,1-2H3/b21-15+. The van der Waals surface area contributed by atoms with E-state index >= 15 is 0 Å². The van der Waals surface area contributed by atoms with Crippen LogP contribution in [0.5, 0.6) is 0 Å². The van der Waals surface area contributed by atoms with Gasteiger partial charge in [-0.1, -0.05) is 24.3 Å². The Bertz CT molecular complexity index is 1050. The first-order valence-electron chi connectivity index (χ1n) is 7.61. The second-order valence-electron chi connectivity index (χ2n) is 5.74. The lowest BCUT2D eigenvalue weighted by molar-refractivity contribution is 1.27. The van der Waals surface area contributed by atoms with Crippen molar-refractivity contribution >= 4 is 27.2 Å². The maximum atomic E-state index is 4.81. The Hall–Kier alpha value is -2.52. The monoisotopic (exact) mass is 316 g/mol. The Morgan fingerprint density at radius 1 is 0.913 bits per heavy atom. The molecule has 3 heteroatoms. The smallest absolute Gasteiger partial charge is 0.0811 e. The van der Waals surface area contributed by atoms with E-state index in [0.29, 0.717) is 0 Å². The van der Waals surface area contributed by atoms with Gasteiger partial charge >= 0.3 is 0 Å². The quantitative estimate of drug-likeness (QED) is 0.440. The molecule has 2 nitrogen and oxygen atoms in total. The summed E-state index contributed by atoms with van der Waals surface area (Å²) in [6, 6.07) is 20.8. The normalized spacial score (nSPS) is 12.2. The van der Waals surface area contributed by atoms with E-state index in [4.69, 9.17) is 9.98 Å². The zero-order valence-corrected chi connectivity index (χ0v) is 13.9. The first kappa shape index (κ1) is 14.1. The number of aryl methyl sites for hydroxylation is 2. The number of nitrogens with zero attached hydrogens (tertiary/aromatic N) is 2. The van der Waals surface area contributed by atoms with Crippen LogP contribution in [-0.4, -0.2) is 4.98 Å². The number of hydrogen-bond acceptors (Lipinski definition) is 3. The average molecular weight is 316 g/mol. The van der Waals surface area contributed by atoms with Crippen LogP contribution < -0.4 is 5.36 Å². The molecule has 2 aromatic rings. The van der Waals surface area contributed by atoms with E-state index in [1.807, 2.05) is 12.1 Å². The maximum Gasteiger partial charge on any atom is 0.0811 e. The van der Waals surface area contributed by atoms with Crippen LogP contribution in [0.15, 0.2) is 65.7 Å². The highest BCUT2D eigenvalue weighted by Gasteiger charge is 2.06. The van der Waals surface area contributed by atoms with E-state index in [1.165, 1.54) is 15.8 Å². The first-order valence-corrected chi connectivity index (χ1v) is 8.42. The summed E-state index contributed by atoms with van der Waals surface area (Å²) in [4.78, 5) is 10.7. The molecule has 0 unspecified atom stereocenters. The fourth-order valence-electron chi connectivity index (χ4n) is 2.61. The van der Waals surface area contributed by atoms with E-state index in [9.17, 15) is 0 Å². The Labute approximate surface area is 139 Å². The molecule has 0 bridgehead atoms. The van der Waals surface area contributed by atoms with E-state index in [-0.39, 0.29) is 0 Å². The summed E-state index contributed by atoms with van der Waals surface area (Å²) in [5.74, 6) is 0. The van der Waals surface area contributed by atoms with Crippen molar-refractivity contribution in [1.29, 1.82) is 0 Å².